The molecule has 3 rings (SSSR count). The third kappa shape index (κ3) is 3.88. The van der Waals surface area contributed by atoms with E-state index in [1.54, 1.807) is 6.20 Å². The number of fused-ring (bicyclic) bond motifs is 1. The second-order valence-corrected chi connectivity index (χ2v) is 6.19. The number of nitrogens with two attached hydrogens (primary N) is 2. The number of pyridine rings is 2. The van der Waals surface area contributed by atoms with Gasteiger partial charge in [-0.1, -0.05) is 13.8 Å². The first-order valence-electron chi connectivity index (χ1n) is 8.26. The summed E-state index contributed by atoms with van der Waals surface area (Å²) in [6.45, 7) is 5.79. The second-order valence-electron chi connectivity index (χ2n) is 6.19. The largest absolute Gasteiger partial charge is 0.404 e. The molecule has 5 N–H and O–H groups in total. The Hall–Kier alpha value is -3.09. The lowest BCUT2D eigenvalue weighted by molar-refractivity contribution is 0.786. The van der Waals surface area contributed by atoms with E-state index in [2.05, 4.69) is 39.0 Å². The van der Waals surface area contributed by atoms with Crippen molar-refractivity contribution in [3.05, 3.63) is 48.1 Å². The minimum absolute atomic E-state index is 0.295. The van der Waals surface area contributed by atoms with Crippen molar-refractivity contribution in [2.45, 2.75) is 13.8 Å². The van der Waals surface area contributed by atoms with Crippen LogP contribution in [0.25, 0.3) is 11.0 Å². The summed E-state index contributed by atoms with van der Waals surface area (Å²) in [6.07, 6.45) is 7.06. The molecule has 7 heteroatoms. The van der Waals surface area contributed by atoms with E-state index in [1.165, 1.54) is 0 Å². The summed E-state index contributed by atoms with van der Waals surface area (Å²) in [7, 11) is 0. The molecule has 7 nitrogen and oxygen atoms in total. The Morgan fingerprint density at radius 2 is 2.16 bits per heavy atom. The number of rotatable bonds is 5. The summed E-state index contributed by atoms with van der Waals surface area (Å²) in [5.41, 5.74) is 15.3. The molecule has 0 saturated heterocycles. The van der Waals surface area contributed by atoms with Crippen LogP contribution in [0.5, 0.6) is 0 Å². The molecule has 0 saturated carbocycles. The normalized spacial score (nSPS) is 15.4. The smallest absolute Gasteiger partial charge is 0.132 e. The number of nitrogens with one attached hydrogen (secondary N) is 1. The van der Waals surface area contributed by atoms with E-state index in [0.717, 1.165) is 35.4 Å². The van der Waals surface area contributed by atoms with Crippen molar-refractivity contribution in [3.63, 3.8) is 0 Å². The molecule has 1 aliphatic rings. The minimum atomic E-state index is 0.295. The average molecular weight is 337 g/mol. The summed E-state index contributed by atoms with van der Waals surface area (Å²) in [4.78, 5) is 15.4. The lowest BCUT2D eigenvalue weighted by atomic mass is 10.0. The molecule has 0 spiro atoms. The zero-order valence-corrected chi connectivity index (χ0v) is 14.5. The molecular formula is C18H23N7. The van der Waals surface area contributed by atoms with Crippen molar-refractivity contribution < 1.29 is 0 Å². The zero-order valence-electron chi connectivity index (χ0n) is 14.5. The van der Waals surface area contributed by atoms with E-state index in [0.29, 0.717) is 17.6 Å². The van der Waals surface area contributed by atoms with Gasteiger partial charge in [0.05, 0.1) is 35.8 Å². The maximum atomic E-state index is 6.07. The molecule has 2 aromatic heterocycles. The Labute approximate surface area is 147 Å². The summed E-state index contributed by atoms with van der Waals surface area (Å²) in [5.74, 6) is 1.45. The summed E-state index contributed by atoms with van der Waals surface area (Å²) >= 11 is 0. The highest BCUT2D eigenvalue weighted by Gasteiger charge is 2.10. The molecule has 1 aliphatic heterocycles. The number of aromatic nitrogens is 2. The monoisotopic (exact) mass is 337 g/mol. The predicted molar refractivity (Wildman–Crippen MR) is 103 cm³/mol. The van der Waals surface area contributed by atoms with E-state index in [-0.39, 0.29) is 0 Å². The van der Waals surface area contributed by atoms with Crippen LogP contribution in [-0.2, 0) is 0 Å². The fourth-order valence-electron chi connectivity index (χ4n) is 2.57. The maximum Gasteiger partial charge on any atom is 0.132 e. The number of nitrogens with zero attached hydrogens (tertiary/aromatic N) is 4. The quantitative estimate of drug-likeness (QED) is 0.722. The Morgan fingerprint density at radius 3 is 2.84 bits per heavy atom. The van der Waals surface area contributed by atoms with Crippen molar-refractivity contribution in [1.29, 1.82) is 0 Å². The van der Waals surface area contributed by atoms with Crippen molar-refractivity contribution in [2.24, 2.45) is 22.4 Å². The van der Waals surface area contributed by atoms with Gasteiger partial charge in [-0.25, -0.2) is 4.98 Å². The van der Waals surface area contributed by atoms with Gasteiger partial charge < -0.3 is 21.7 Å². The molecule has 0 radical (unpaired) electrons. The first-order chi connectivity index (χ1) is 12.1. The number of hydrogen-bond acceptors (Lipinski definition) is 7. The highest BCUT2D eigenvalue weighted by atomic mass is 15.2. The number of hydrogen-bond donors (Lipinski definition) is 3. The van der Waals surface area contributed by atoms with Crippen LogP contribution < -0.4 is 21.7 Å². The minimum Gasteiger partial charge on any atom is -0.404 e. The fraction of sp³-hybridized carbons (Fsp3) is 0.278. The Balaban J connectivity index is 1.84. The van der Waals surface area contributed by atoms with E-state index in [9.17, 15) is 0 Å². The van der Waals surface area contributed by atoms with Gasteiger partial charge in [0.25, 0.3) is 0 Å². The second kappa shape index (κ2) is 7.21. The van der Waals surface area contributed by atoms with Crippen LogP contribution in [0.15, 0.2) is 53.1 Å². The molecule has 0 unspecified atom stereocenters. The van der Waals surface area contributed by atoms with Gasteiger partial charge in [-0.2, -0.15) is 0 Å². The molecule has 0 atom stereocenters. The molecule has 0 fully saturated rings. The fourth-order valence-corrected chi connectivity index (χ4v) is 2.57. The van der Waals surface area contributed by atoms with Crippen molar-refractivity contribution in [1.82, 2.24) is 9.97 Å². The van der Waals surface area contributed by atoms with Gasteiger partial charge in [-0.3, -0.25) is 9.98 Å². The number of allylic oxidation sites excluding steroid dienone is 2. The van der Waals surface area contributed by atoms with Crippen LogP contribution in [0.2, 0.25) is 0 Å². The highest BCUT2D eigenvalue weighted by molar-refractivity contribution is 5.86. The maximum absolute atomic E-state index is 6.07. The van der Waals surface area contributed by atoms with Gasteiger partial charge in [0.15, 0.2) is 0 Å². The van der Waals surface area contributed by atoms with Crippen LogP contribution in [-0.4, -0.2) is 29.4 Å². The average Bonchev–Trinajstić information content (AvgIpc) is 3.13. The summed E-state index contributed by atoms with van der Waals surface area (Å²) in [6, 6.07) is 5.78. The van der Waals surface area contributed by atoms with Crippen LogP contribution >= 0.6 is 0 Å². The van der Waals surface area contributed by atoms with Crippen LogP contribution in [0, 0.1) is 5.92 Å². The third-order valence-corrected chi connectivity index (χ3v) is 4.00. The van der Waals surface area contributed by atoms with E-state index in [1.807, 2.05) is 36.8 Å². The number of aliphatic imine (C=N–C) groups is 1. The van der Waals surface area contributed by atoms with Gasteiger partial charge >= 0.3 is 0 Å². The Bertz CT molecular complexity index is 852. The highest BCUT2D eigenvalue weighted by Crippen LogP contribution is 2.21. The van der Waals surface area contributed by atoms with Crippen molar-refractivity contribution >= 4 is 28.9 Å². The predicted octanol–water partition coefficient (Wildman–Crippen LogP) is 2.19. The molecule has 0 amide bonds. The van der Waals surface area contributed by atoms with Gasteiger partial charge in [0.2, 0.25) is 0 Å². The van der Waals surface area contributed by atoms with E-state index >= 15 is 0 Å². The van der Waals surface area contributed by atoms with Crippen LogP contribution in [0.1, 0.15) is 13.8 Å². The molecule has 25 heavy (non-hydrogen) atoms. The zero-order chi connectivity index (χ0) is 17.8. The molecule has 130 valence electrons. The van der Waals surface area contributed by atoms with E-state index < -0.39 is 0 Å². The summed E-state index contributed by atoms with van der Waals surface area (Å²) < 4.78 is 0. The molecule has 0 aromatic carbocycles. The van der Waals surface area contributed by atoms with E-state index in [4.69, 9.17) is 11.5 Å². The van der Waals surface area contributed by atoms with Gasteiger partial charge in [0.1, 0.15) is 11.6 Å². The topological polar surface area (TPSA) is 105 Å². The van der Waals surface area contributed by atoms with Gasteiger partial charge in [0, 0.05) is 6.54 Å². The van der Waals surface area contributed by atoms with Crippen LogP contribution in [0.3, 0.4) is 0 Å². The first-order valence-corrected chi connectivity index (χ1v) is 8.26. The lowest BCUT2D eigenvalue weighted by Crippen LogP contribution is -2.18. The Kier molecular flexibility index (Phi) is 4.83. The molecular weight excluding hydrogens is 314 g/mol. The van der Waals surface area contributed by atoms with Gasteiger partial charge in [-0.05, 0) is 42.0 Å². The molecule has 2 aromatic rings. The molecule has 0 aliphatic carbocycles. The lowest BCUT2D eigenvalue weighted by Gasteiger charge is -2.14. The third-order valence-electron chi connectivity index (χ3n) is 4.00. The molecule has 0 bridgehead atoms. The van der Waals surface area contributed by atoms with Gasteiger partial charge in [-0.15, -0.1) is 0 Å². The standard InChI is InChI=1S/C18H23N7/c1-12(2)13(9-19)7-17(20)24-18-4-3-15-16(23-18)8-14(10-22-15)25-6-5-21-11-25/h3-4,7-12H,5-6,19-20H2,1-2H3,(H,23,24)/b13-9+,17-7+. The molecule has 3 heterocycles. The first kappa shape index (κ1) is 16.8. The van der Waals surface area contributed by atoms with Crippen LogP contribution in [0.4, 0.5) is 11.5 Å². The number of anilines is 2. The van der Waals surface area contributed by atoms with Crippen molar-refractivity contribution in [3.8, 4) is 0 Å². The SMILES string of the molecule is CC(C)C(=C/N)/C=C(\N)Nc1ccc2ncc(N3C=NCC3)cc2n1. The Morgan fingerprint density at radius 1 is 1.32 bits per heavy atom. The summed E-state index contributed by atoms with van der Waals surface area (Å²) in [5, 5.41) is 3.11. The van der Waals surface area contributed by atoms with Crippen molar-refractivity contribution in [2.75, 3.05) is 23.3 Å².